The average molecular weight is 680 g/mol. The van der Waals surface area contributed by atoms with Crippen LogP contribution in [0.5, 0.6) is 0 Å². The van der Waals surface area contributed by atoms with Gasteiger partial charge in [-0.15, -0.1) is 11.3 Å². The third-order valence-electron chi connectivity index (χ3n) is 10.2. The first-order valence-electron chi connectivity index (χ1n) is 17.8. The van der Waals surface area contributed by atoms with E-state index in [4.69, 9.17) is 0 Å². The van der Waals surface area contributed by atoms with E-state index in [9.17, 15) is 0 Å². The van der Waals surface area contributed by atoms with Crippen LogP contribution >= 0.6 is 11.3 Å². The molecule has 0 aliphatic carbocycles. The van der Waals surface area contributed by atoms with Crippen molar-refractivity contribution in [1.29, 1.82) is 0 Å². The first kappa shape index (κ1) is 30.4. The Morgan fingerprint density at radius 3 is 1.50 bits per heavy atom. The van der Waals surface area contributed by atoms with Gasteiger partial charge >= 0.3 is 0 Å². The molecule has 10 rings (SSSR count). The second kappa shape index (κ2) is 12.7. The van der Waals surface area contributed by atoms with Crippen molar-refractivity contribution in [3.8, 4) is 33.4 Å². The van der Waals surface area contributed by atoms with Crippen molar-refractivity contribution in [1.82, 2.24) is 0 Å². The minimum atomic E-state index is 1.11. The summed E-state index contributed by atoms with van der Waals surface area (Å²) in [6, 6.07) is 73.0. The third kappa shape index (κ3) is 5.33. The summed E-state index contributed by atoms with van der Waals surface area (Å²) >= 11 is 1.86. The van der Waals surface area contributed by atoms with Crippen LogP contribution in [-0.2, 0) is 0 Å². The van der Waals surface area contributed by atoms with Gasteiger partial charge in [0.1, 0.15) is 0 Å². The quantitative estimate of drug-likeness (QED) is 0.169. The van der Waals surface area contributed by atoms with Crippen molar-refractivity contribution in [2.24, 2.45) is 0 Å². The van der Waals surface area contributed by atoms with Gasteiger partial charge in [-0.05, 0) is 103 Å². The molecule has 1 heterocycles. The first-order valence-corrected chi connectivity index (χ1v) is 18.6. The Hall–Kier alpha value is -6.48. The summed E-state index contributed by atoms with van der Waals surface area (Å²) < 4.78 is 2.64. The van der Waals surface area contributed by atoms with Gasteiger partial charge in [0.2, 0.25) is 0 Å². The van der Waals surface area contributed by atoms with Crippen LogP contribution in [0.25, 0.3) is 75.1 Å². The van der Waals surface area contributed by atoms with Crippen LogP contribution in [0, 0.1) is 0 Å². The lowest BCUT2D eigenvalue weighted by Crippen LogP contribution is -2.10. The first-order chi connectivity index (χ1) is 25.8. The van der Waals surface area contributed by atoms with Crippen LogP contribution in [0.15, 0.2) is 200 Å². The fourth-order valence-corrected chi connectivity index (χ4v) is 8.88. The monoisotopic (exact) mass is 679 g/mol. The van der Waals surface area contributed by atoms with E-state index in [1.54, 1.807) is 0 Å². The molecule has 0 atom stereocenters. The molecular weight excluding hydrogens is 647 g/mol. The number of fused-ring (bicyclic) bond motifs is 5. The minimum absolute atomic E-state index is 1.11. The number of hydrogen-bond acceptors (Lipinski definition) is 2. The van der Waals surface area contributed by atoms with Crippen molar-refractivity contribution in [2.45, 2.75) is 0 Å². The molecule has 52 heavy (non-hydrogen) atoms. The molecule has 1 aromatic heterocycles. The molecule has 1 nitrogen and oxygen atoms in total. The number of thiophene rings is 1. The van der Waals surface area contributed by atoms with Gasteiger partial charge in [-0.2, -0.15) is 0 Å². The highest BCUT2D eigenvalue weighted by atomic mass is 32.1. The van der Waals surface area contributed by atoms with Gasteiger partial charge in [-0.3, -0.25) is 0 Å². The zero-order valence-corrected chi connectivity index (χ0v) is 29.2. The molecule has 0 aliphatic heterocycles. The van der Waals surface area contributed by atoms with Crippen molar-refractivity contribution in [3.63, 3.8) is 0 Å². The maximum atomic E-state index is 2.39. The molecule has 244 valence electrons. The van der Waals surface area contributed by atoms with Crippen molar-refractivity contribution in [3.05, 3.63) is 200 Å². The Morgan fingerprint density at radius 2 is 0.788 bits per heavy atom. The summed E-state index contributed by atoms with van der Waals surface area (Å²) in [7, 11) is 0. The molecule has 0 saturated carbocycles. The maximum absolute atomic E-state index is 2.39. The number of nitrogens with zero attached hydrogens (tertiary/aromatic N) is 1. The maximum Gasteiger partial charge on any atom is 0.0467 e. The van der Waals surface area contributed by atoms with E-state index in [2.05, 4.69) is 205 Å². The molecule has 0 bridgehead atoms. The third-order valence-corrected chi connectivity index (χ3v) is 11.4. The number of benzene rings is 9. The fourth-order valence-electron chi connectivity index (χ4n) is 7.73. The van der Waals surface area contributed by atoms with Crippen LogP contribution in [0.2, 0.25) is 0 Å². The van der Waals surface area contributed by atoms with Gasteiger partial charge in [0, 0.05) is 37.2 Å². The van der Waals surface area contributed by atoms with Gasteiger partial charge in [-0.1, -0.05) is 152 Å². The Balaban J connectivity index is 1.11. The van der Waals surface area contributed by atoms with E-state index in [-0.39, 0.29) is 0 Å². The summed E-state index contributed by atoms with van der Waals surface area (Å²) in [5.74, 6) is 0. The van der Waals surface area contributed by atoms with Gasteiger partial charge < -0.3 is 4.90 Å². The Labute approximate surface area is 307 Å². The largest absolute Gasteiger partial charge is 0.310 e. The number of anilines is 3. The molecule has 0 radical (unpaired) electrons. The van der Waals surface area contributed by atoms with Gasteiger partial charge in [0.15, 0.2) is 0 Å². The van der Waals surface area contributed by atoms with Crippen LogP contribution in [0.1, 0.15) is 0 Å². The SMILES string of the molecule is c1cc(-c2ccc3c(c2)sc2ccccc23)cc(N(c2ccc(-c3cccc4ccccc34)cc2)c2cccc(-c3cccc4ccccc34)c2)c1. The summed E-state index contributed by atoms with van der Waals surface area (Å²) in [6.07, 6.45) is 0. The van der Waals surface area contributed by atoms with E-state index in [0.29, 0.717) is 0 Å². The standard InChI is InChI=1S/C50H33NS/c1-3-19-43-34(11-1)13-9-22-45(43)36-25-28-40(29-26-36)51(42-18-8-16-39(32-42)46-23-10-14-35-12-2-4-20-44(35)46)41-17-7-15-37(31-41)38-27-30-48-47-21-5-6-24-49(47)52-50(48)33-38/h1-33H. The molecule has 0 spiro atoms. The lowest BCUT2D eigenvalue weighted by molar-refractivity contribution is 1.28. The number of hydrogen-bond donors (Lipinski definition) is 0. The van der Waals surface area contributed by atoms with E-state index < -0.39 is 0 Å². The van der Waals surface area contributed by atoms with Crippen molar-refractivity contribution >= 4 is 70.1 Å². The molecule has 2 heteroatoms. The van der Waals surface area contributed by atoms with E-state index in [1.807, 2.05) is 11.3 Å². The molecule has 0 fully saturated rings. The molecule has 0 amide bonds. The fraction of sp³-hybridized carbons (Fsp3) is 0. The Kier molecular flexibility index (Phi) is 7.41. The predicted molar refractivity (Wildman–Crippen MR) is 225 cm³/mol. The minimum Gasteiger partial charge on any atom is -0.310 e. The summed E-state index contributed by atoms with van der Waals surface area (Å²) in [6.45, 7) is 0. The molecule has 0 unspecified atom stereocenters. The lowest BCUT2D eigenvalue weighted by atomic mass is 9.97. The van der Waals surface area contributed by atoms with Crippen LogP contribution in [0.4, 0.5) is 17.1 Å². The van der Waals surface area contributed by atoms with Crippen molar-refractivity contribution < 1.29 is 0 Å². The number of rotatable bonds is 6. The van der Waals surface area contributed by atoms with Crippen LogP contribution in [0.3, 0.4) is 0 Å². The van der Waals surface area contributed by atoms with Crippen LogP contribution in [-0.4, -0.2) is 0 Å². The second-order valence-electron chi connectivity index (χ2n) is 13.3. The van der Waals surface area contributed by atoms with E-state index in [1.165, 1.54) is 75.1 Å². The predicted octanol–water partition coefficient (Wildman–Crippen LogP) is 14.8. The molecular formula is C50H33NS. The van der Waals surface area contributed by atoms with Crippen LogP contribution < -0.4 is 4.90 Å². The normalized spacial score (nSPS) is 11.5. The molecule has 10 aromatic rings. The summed E-state index contributed by atoms with van der Waals surface area (Å²) in [4.78, 5) is 2.39. The Morgan fingerprint density at radius 1 is 0.288 bits per heavy atom. The zero-order chi connectivity index (χ0) is 34.4. The molecule has 0 aliphatic rings. The topological polar surface area (TPSA) is 3.24 Å². The second-order valence-corrected chi connectivity index (χ2v) is 14.4. The molecule has 9 aromatic carbocycles. The summed E-state index contributed by atoms with van der Waals surface area (Å²) in [5, 5.41) is 7.66. The average Bonchev–Trinajstić information content (AvgIpc) is 3.59. The zero-order valence-electron chi connectivity index (χ0n) is 28.4. The highest BCUT2D eigenvalue weighted by molar-refractivity contribution is 7.25. The highest BCUT2D eigenvalue weighted by Crippen LogP contribution is 2.42. The molecule has 0 saturated heterocycles. The van der Waals surface area contributed by atoms with Crippen molar-refractivity contribution in [2.75, 3.05) is 4.90 Å². The van der Waals surface area contributed by atoms with E-state index in [0.717, 1.165) is 17.1 Å². The highest BCUT2D eigenvalue weighted by Gasteiger charge is 2.16. The Bertz CT molecular complexity index is 2910. The smallest absolute Gasteiger partial charge is 0.0467 e. The molecule has 0 N–H and O–H groups in total. The van der Waals surface area contributed by atoms with Gasteiger partial charge in [0.05, 0.1) is 0 Å². The van der Waals surface area contributed by atoms with Gasteiger partial charge in [0.25, 0.3) is 0 Å². The van der Waals surface area contributed by atoms with Gasteiger partial charge in [-0.25, -0.2) is 0 Å². The lowest BCUT2D eigenvalue weighted by Gasteiger charge is -2.27. The summed E-state index contributed by atoms with van der Waals surface area (Å²) in [5.41, 5.74) is 10.6. The van der Waals surface area contributed by atoms with E-state index >= 15 is 0 Å².